The van der Waals surface area contributed by atoms with E-state index in [9.17, 15) is 35.9 Å². The molecule has 2 aromatic heterocycles. The predicted octanol–water partition coefficient (Wildman–Crippen LogP) is 3.68. The van der Waals surface area contributed by atoms with Gasteiger partial charge >= 0.3 is 11.2 Å². The van der Waals surface area contributed by atoms with Gasteiger partial charge < -0.3 is 5.11 Å². The Labute approximate surface area is 184 Å². The third kappa shape index (κ3) is 3.75. The highest BCUT2D eigenvalue weighted by atomic mass is 32.2. The number of halogens is 4. The molecule has 2 heterocycles. The van der Waals surface area contributed by atoms with Crippen LogP contribution in [-0.4, -0.2) is 33.2 Å². The zero-order valence-electron chi connectivity index (χ0n) is 16.8. The second-order valence-electron chi connectivity index (χ2n) is 7.18. The summed E-state index contributed by atoms with van der Waals surface area (Å²) in [5.74, 6) is -1.25. The quantitative estimate of drug-likeness (QED) is 0.355. The van der Waals surface area contributed by atoms with Crippen LogP contribution in [0.25, 0.3) is 16.6 Å². The zero-order valence-corrected chi connectivity index (χ0v) is 17.7. The summed E-state index contributed by atoms with van der Waals surface area (Å²) in [5, 5.41) is 11.1. The molecular weight excluding hydrogens is 466 g/mol. The number of sulfone groups is 1. The van der Waals surface area contributed by atoms with Crippen LogP contribution in [0.1, 0.15) is 11.3 Å². The van der Waals surface area contributed by atoms with Crippen LogP contribution in [0, 0.1) is 12.9 Å². The summed E-state index contributed by atoms with van der Waals surface area (Å²) in [7, 11) is -5.56. The molecule has 0 aliphatic rings. The molecule has 0 atom stereocenters. The molecule has 1 N–H and O–H groups in total. The summed E-state index contributed by atoms with van der Waals surface area (Å²) in [6, 6.07) is 11.2. The topological polar surface area (TPSA) is 94.2 Å². The van der Waals surface area contributed by atoms with Crippen molar-refractivity contribution in [2.75, 3.05) is 0 Å². The number of rotatable bonds is 4. The maximum atomic E-state index is 14.0. The second-order valence-corrected chi connectivity index (χ2v) is 9.12. The summed E-state index contributed by atoms with van der Waals surface area (Å²) in [6.45, 7) is 1.32. The SMILES string of the molecule is Cc1c(O)n(-c2ccc(S(=O)(=O)C(F)(F)F)cc2)c(=O)n1Cc1cc(F)nc2ccccc12. The van der Waals surface area contributed by atoms with Gasteiger partial charge in [-0.25, -0.2) is 22.8 Å². The number of hydrogen-bond donors (Lipinski definition) is 1. The lowest BCUT2D eigenvalue weighted by atomic mass is 10.1. The minimum absolute atomic E-state index is 0.0498. The highest BCUT2D eigenvalue weighted by Gasteiger charge is 2.46. The first-order valence-corrected chi connectivity index (χ1v) is 10.9. The summed E-state index contributed by atoms with van der Waals surface area (Å²) in [6.07, 6.45) is 0. The van der Waals surface area contributed by atoms with E-state index < -0.39 is 37.8 Å². The van der Waals surface area contributed by atoms with Crippen LogP contribution >= 0.6 is 0 Å². The van der Waals surface area contributed by atoms with Gasteiger partial charge in [0, 0.05) is 5.39 Å². The predicted molar refractivity (Wildman–Crippen MR) is 110 cm³/mol. The van der Waals surface area contributed by atoms with E-state index in [1.165, 1.54) is 13.0 Å². The number of alkyl halides is 3. The van der Waals surface area contributed by atoms with Crippen molar-refractivity contribution in [3.63, 3.8) is 0 Å². The van der Waals surface area contributed by atoms with E-state index in [4.69, 9.17) is 0 Å². The van der Waals surface area contributed by atoms with Crippen LogP contribution in [0.15, 0.2) is 64.3 Å². The zero-order chi connectivity index (χ0) is 24.1. The highest BCUT2D eigenvalue weighted by Crippen LogP contribution is 2.31. The maximum absolute atomic E-state index is 14.0. The molecule has 0 saturated heterocycles. The first-order valence-electron chi connectivity index (χ1n) is 9.39. The van der Waals surface area contributed by atoms with E-state index in [-0.39, 0.29) is 17.9 Å². The average Bonchev–Trinajstić information content (AvgIpc) is 2.96. The van der Waals surface area contributed by atoms with E-state index in [0.717, 1.165) is 21.3 Å². The van der Waals surface area contributed by atoms with Crippen molar-refractivity contribution in [1.29, 1.82) is 0 Å². The van der Waals surface area contributed by atoms with E-state index >= 15 is 0 Å². The molecule has 0 saturated carbocycles. The Kier molecular flexibility index (Phi) is 5.27. The number of aromatic hydroxyl groups is 1. The number of benzene rings is 2. The van der Waals surface area contributed by atoms with Gasteiger partial charge in [-0.1, -0.05) is 18.2 Å². The van der Waals surface area contributed by atoms with Crippen LogP contribution in [0.3, 0.4) is 0 Å². The molecule has 0 aliphatic carbocycles. The summed E-state index contributed by atoms with van der Waals surface area (Å²) < 4.78 is 77.3. The number of imidazole rings is 1. The fourth-order valence-electron chi connectivity index (χ4n) is 3.48. The highest BCUT2D eigenvalue weighted by molar-refractivity contribution is 7.92. The Hall–Kier alpha value is -3.67. The van der Waals surface area contributed by atoms with Crippen LogP contribution in [-0.2, 0) is 16.4 Å². The van der Waals surface area contributed by atoms with Gasteiger partial charge in [0.1, 0.15) is 0 Å². The molecule has 4 rings (SSSR count). The maximum Gasteiger partial charge on any atom is 0.501 e. The van der Waals surface area contributed by atoms with E-state index in [0.29, 0.717) is 28.6 Å². The van der Waals surface area contributed by atoms with Gasteiger partial charge in [0.2, 0.25) is 11.8 Å². The number of pyridine rings is 1. The van der Waals surface area contributed by atoms with E-state index in [2.05, 4.69) is 4.98 Å². The first kappa shape index (κ1) is 22.5. The minimum Gasteiger partial charge on any atom is -0.493 e. The van der Waals surface area contributed by atoms with Gasteiger partial charge in [-0.15, -0.1) is 0 Å². The molecule has 172 valence electrons. The van der Waals surface area contributed by atoms with Crippen molar-refractivity contribution in [3.8, 4) is 11.6 Å². The molecule has 0 unspecified atom stereocenters. The van der Waals surface area contributed by atoms with Crippen molar-refractivity contribution in [3.05, 3.63) is 82.3 Å². The molecule has 0 amide bonds. The monoisotopic (exact) mass is 481 g/mol. The molecule has 0 fully saturated rings. The van der Waals surface area contributed by atoms with Gasteiger partial charge in [-0.05, 0) is 48.9 Å². The Morgan fingerprint density at radius 1 is 1.06 bits per heavy atom. The molecule has 0 radical (unpaired) electrons. The van der Waals surface area contributed by atoms with Crippen molar-refractivity contribution in [1.82, 2.24) is 14.1 Å². The van der Waals surface area contributed by atoms with Gasteiger partial charge in [0.25, 0.3) is 9.84 Å². The molecule has 0 aliphatic heterocycles. The Morgan fingerprint density at radius 2 is 1.70 bits per heavy atom. The van der Waals surface area contributed by atoms with Crippen molar-refractivity contribution in [2.45, 2.75) is 23.9 Å². The third-order valence-electron chi connectivity index (χ3n) is 5.17. The molecule has 0 bridgehead atoms. The van der Waals surface area contributed by atoms with E-state index in [1.54, 1.807) is 24.3 Å². The molecule has 4 aromatic rings. The summed E-state index contributed by atoms with van der Waals surface area (Å²) in [4.78, 5) is 15.8. The van der Waals surface area contributed by atoms with Gasteiger partial charge in [0.05, 0.1) is 28.3 Å². The minimum atomic E-state index is -5.56. The lowest BCUT2D eigenvalue weighted by Gasteiger charge is -2.09. The third-order valence-corrected chi connectivity index (χ3v) is 6.67. The fourth-order valence-corrected chi connectivity index (χ4v) is 4.24. The number of hydrogen-bond acceptors (Lipinski definition) is 5. The summed E-state index contributed by atoms with van der Waals surface area (Å²) >= 11 is 0. The van der Waals surface area contributed by atoms with Crippen molar-refractivity contribution >= 4 is 20.7 Å². The standard InChI is InChI=1S/C21H15F4N3O4S/c1-12-19(29)28(14-6-8-15(9-7-14)33(31,32)21(23,24)25)20(30)27(12)11-13-10-18(22)26-17-5-3-2-4-16(13)17/h2-10,29H,11H2,1H3. The first-order chi connectivity index (χ1) is 15.4. The normalized spacial score (nSPS) is 12.4. The molecule has 0 spiro atoms. The molecule has 7 nitrogen and oxygen atoms in total. The van der Waals surface area contributed by atoms with E-state index in [1.807, 2.05) is 0 Å². The second kappa shape index (κ2) is 7.73. The van der Waals surface area contributed by atoms with Crippen LogP contribution in [0.2, 0.25) is 0 Å². The number of fused-ring (bicyclic) bond motifs is 1. The Balaban J connectivity index is 1.79. The number of nitrogens with zero attached hydrogens (tertiary/aromatic N) is 3. The van der Waals surface area contributed by atoms with Crippen LogP contribution in [0.4, 0.5) is 17.6 Å². The lowest BCUT2D eigenvalue weighted by molar-refractivity contribution is -0.0436. The Morgan fingerprint density at radius 3 is 2.33 bits per heavy atom. The molecular formula is C21H15F4N3O4S. The van der Waals surface area contributed by atoms with Crippen molar-refractivity contribution in [2.24, 2.45) is 0 Å². The number of para-hydroxylation sites is 1. The molecule has 12 heteroatoms. The molecule has 33 heavy (non-hydrogen) atoms. The van der Waals surface area contributed by atoms with Gasteiger partial charge in [-0.2, -0.15) is 17.6 Å². The van der Waals surface area contributed by atoms with Crippen LogP contribution in [0.5, 0.6) is 5.88 Å². The largest absolute Gasteiger partial charge is 0.501 e. The fraction of sp³-hybridized carbons (Fsp3) is 0.143. The Bertz CT molecular complexity index is 1540. The van der Waals surface area contributed by atoms with Crippen LogP contribution < -0.4 is 5.69 Å². The number of aromatic nitrogens is 3. The summed E-state index contributed by atoms with van der Waals surface area (Å²) in [5.41, 5.74) is -5.36. The lowest BCUT2D eigenvalue weighted by Crippen LogP contribution is -2.25. The van der Waals surface area contributed by atoms with Gasteiger partial charge in [-0.3, -0.25) is 4.57 Å². The van der Waals surface area contributed by atoms with Crippen molar-refractivity contribution < 1.29 is 31.1 Å². The van der Waals surface area contributed by atoms with Gasteiger partial charge in [0.15, 0.2) is 0 Å². The average molecular weight is 481 g/mol. The smallest absolute Gasteiger partial charge is 0.493 e. The molecule has 2 aromatic carbocycles.